The van der Waals surface area contributed by atoms with Crippen LogP contribution in [0.25, 0.3) is 0 Å². The van der Waals surface area contributed by atoms with E-state index >= 15 is 8.78 Å². The summed E-state index contributed by atoms with van der Waals surface area (Å²) in [7, 11) is 0. The average Bonchev–Trinajstić information content (AvgIpc) is 3.03. The van der Waals surface area contributed by atoms with Gasteiger partial charge in [-0.25, -0.2) is 4.39 Å². The van der Waals surface area contributed by atoms with Gasteiger partial charge in [0.2, 0.25) is 5.78 Å². The Labute approximate surface area is 165 Å². The maximum absolute atomic E-state index is 15.9. The minimum absolute atomic E-state index is 0.0225. The van der Waals surface area contributed by atoms with E-state index in [9.17, 15) is 14.0 Å². The Hall–Kier alpha value is -3.41. The largest absolute Gasteiger partial charge is 0.340 e. The molecular formula is C23H16F3NO2. The molecule has 1 aliphatic heterocycles. The number of rotatable bonds is 4. The highest BCUT2D eigenvalue weighted by molar-refractivity contribution is 6.07. The van der Waals surface area contributed by atoms with Gasteiger partial charge in [0.05, 0.1) is 0 Å². The third-order valence-corrected chi connectivity index (χ3v) is 5.22. The van der Waals surface area contributed by atoms with E-state index in [4.69, 9.17) is 0 Å². The monoisotopic (exact) mass is 395 g/mol. The second-order valence-electron chi connectivity index (χ2n) is 7.03. The molecule has 3 aromatic rings. The molecule has 146 valence electrons. The number of amides is 1. The topological polar surface area (TPSA) is 46.2 Å². The lowest BCUT2D eigenvalue weighted by molar-refractivity contribution is -0.0411. The molecule has 0 aromatic heterocycles. The fourth-order valence-electron chi connectivity index (χ4n) is 3.73. The van der Waals surface area contributed by atoms with Crippen LogP contribution in [0.1, 0.15) is 37.4 Å². The van der Waals surface area contributed by atoms with Gasteiger partial charge in [0.15, 0.2) is 5.54 Å². The van der Waals surface area contributed by atoms with Crippen LogP contribution < -0.4 is 5.32 Å². The van der Waals surface area contributed by atoms with Crippen molar-refractivity contribution in [3.8, 4) is 0 Å². The van der Waals surface area contributed by atoms with Gasteiger partial charge in [0, 0.05) is 16.7 Å². The summed E-state index contributed by atoms with van der Waals surface area (Å²) in [4.78, 5) is 25.5. The first-order chi connectivity index (χ1) is 13.8. The number of hydrogen-bond donors (Lipinski definition) is 1. The van der Waals surface area contributed by atoms with Gasteiger partial charge in [-0.15, -0.1) is 0 Å². The smallest absolute Gasteiger partial charge is 0.333 e. The Morgan fingerprint density at radius 1 is 0.931 bits per heavy atom. The molecule has 4 rings (SSSR count). The average molecular weight is 395 g/mol. The molecule has 1 N–H and O–H groups in total. The van der Waals surface area contributed by atoms with E-state index in [0.29, 0.717) is 0 Å². The molecule has 0 spiro atoms. The number of Topliss-reactive ketones (excluding diaryl/α,β-unsaturated/α-hetero) is 1. The van der Waals surface area contributed by atoms with Crippen molar-refractivity contribution >= 4 is 11.7 Å². The van der Waals surface area contributed by atoms with Crippen LogP contribution in [0.4, 0.5) is 13.2 Å². The molecule has 29 heavy (non-hydrogen) atoms. The van der Waals surface area contributed by atoms with Gasteiger partial charge in [0.1, 0.15) is 5.82 Å². The quantitative estimate of drug-likeness (QED) is 0.655. The van der Waals surface area contributed by atoms with Gasteiger partial charge in [-0.1, -0.05) is 48.0 Å². The summed E-state index contributed by atoms with van der Waals surface area (Å²) in [6, 6.07) is 16.1. The molecule has 6 heteroatoms. The first-order valence-electron chi connectivity index (χ1n) is 8.95. The predicted octanol–water partition coefficient (Wildman–Crippen LogP) is 4.64. The predicted molar refractivity (Wildman–Crippen MR) is 102 cm³/mol. The molecular weight excluding hydrogens is 379 g/mol. The van der Waals surface area contributed by atoms with Crippen molar-refractivity contribution in [2.75, 3.05) is 0 Å². The minimum atomic E-state index is -4.04. The number of fused-ring (bicyclic) bond motifs is 1. The van der Waals surface area contributed by atoms with Crippen LogP contribution in [-0.4, -0.2) is 17.6 Å². The first kappa shape index (κ1) is 18.9. The Kier molecular flexibility index (Phi) is 4.30. The van der Waals surface area contributed by atoms with E-state index in [1.165, 1.54) is 24.3 Å². The molecule has 1 aliphatic rings. The molecule has 3 nitrogen and oxygen atoms in total. The Balaban J connectivity index is 1.96. The van der Waals surface area contributed by atoms with Gasteiger partial charge in [-0.05, 0) is 42.8 Å². The van der Waals surface area contributed by atoms with Gasteiger partial charge < -0.3 is 5.32 Å². The van der Waals surface area contributed by atoms with Crippen LogP contribution in [0.5, 0.6) is 0 Å². The van der Waals surface area contributed by atoms with Gasteiger partial charge in [0.25, 0.3) is 5.91 Å². The number of aryl methyl sites for hydroxylation is 1. The summed E-state index contributed by atoms with van der Waals surface area (Å²) in [5, 5.41) is 2.39. The van der Waals surface area contributed by atoms with E-state index in [-0.39, 0.29) is 22.3 Å². The Bertz CT molecular complexity index is 1110. The third kappa shape index (κ3) is 2.75. The maximum Gasteiger partial charge on any atom is 0.340 e. The van der Waals surface area contributed by atoms with E-state index in [1.54, 1.807) is 31.2 Å². The lowest BCUT2D eigenvalue weighted by Crippen LogP contribution is -2.58. The first-order valence-corrected chi connectivity index (χ1v) is 8.95. The summed E-state index contributed by atoms with van der Waals surface area (Å²) in [5.41, 5.74) is -1.69. The van der Waals surface area contributed by atoms with Crippen molar-refractivity contribution in [1.82, 2.24) is 5.32 Å². The molecule has 3 aromatic carbocycles. The van der Waals surface area contributed by atoms with Crippen molar-refractivity contribution in [2.24, 2.45) is 0 Å². The zero-order valence-corrected chi connectivity index (χ0v) is 15.4. The molecule has 1 atom stereocenters. The Morgan fingerprint density at radius 3 is 2.21 bits per heavy atom. The highest BCUT2D eigenvalue weighted by Gasteiger charge is 2.65. The zero-order valence-electron chi connectivity index (χ0n) is 15.4. The number of ketones is 1. The normalized spacial score (nSPS) is 18.3. The van der Waals surface area contributed by atoms with Crippen LogP contribution in [0.3, 0.4) is 0 Å². The van der Waals surface area contributed by atoms with Crippen molar-refractivity contribution in [3.05, 3.63) is 106 Å². The lowest BCUT2D eigenvalue weighted by atomic mass is 9.75. The molecule has 0 radical (unpaired) electrons. The fraction of sp³-hybridized carbons (Fsp3) is 0.130. The SMILES string of the molecule is Cc1ccc(C2(C(F)(F)C(=O)c3ccc(F)cc3)NC(=O)c3ccccc32)cc1. The number of carbonyl (C=O) groups excluding carboxylic acids is 2. The molecule has 0 bridgehead atoms. The molecule has 0 saturated carbocycles. The summed E-state index contributed by atoms with van der Waals surface area (Å²) < 4.78 is 45.1. The standard InChI is InChI=1S/C23H16F3NO2/c1-14-6-10-16(11-7-14)22(19-5-3-2-4-18(19)21(29)27-22)23(25,26)20(28)15-8-12-17(24)13-9-15/h2-13H,1H3,(H,27,29). The van der Waals surface area contributed by atoms with Gasteiger partial charge >= 0.3 is 5.92 Å². The summed E-state index contributed by atoms with van der Waals surface area (Å²) in [6.07, 6.45) is 0. The Morgan fingerprint density at radius 2 is 1.55 bits per heavy atom. The van der Waals surface area contributed by atoms with Crippen LogP contribution in [0.15, 0.2) is 72.8 Å². The maximum atomic E-state index is 15.9. The fourth-order valence-corrected chi connectivity index (χ4v) is 3.73. The van der Waals surface area contributed by atoms with E-state index in [0.717, 1.165) is 29.8 Å². The number of benzene rings is 3. The minimum Gasteiger partial charge on any atom is -0.333 e. The van der Waals surface area contributed by atoms with E-state index in [2.05, 4.69) is 5.32 Å². The summed E-state index contributed by atoms with van der Waals surface area (Å²) >= 11 is 0. The second-order valence-corrected chi connectivity index (χ2v) is 7.03. The van der Waals surface area contributed by atoms with Crippen LogP contribution in [0.2, 0.25) is 0 Å². The summed E-state index contributed by atoms with van der Waals surface area (Å²) in [5.74, 6) is -6.87. The summed E-state index contributed by atoms with van der Waals surface area (Å²) in [6.45, 7) is 1.81. The van der Waals surface area contributed by atoms with Crippen LogP contribution in [0, 0.1) is 12.7 Å². The van der Waals surface area contributed by atoms with Crippen molar-refractivity contribution in [1.29, 1.82) is 0 Å². The number of alkyl halides is 2. The molecule has 0 saturated heterocycles. The molecule has 1 unspecified atom stereocenters. The zero-order chi connectivity index (χ0) is 20.8. The molecule has 1 amide bonds. The van der Waals surface area contributed by atoms with Crippen molar-refractivity contribution in [2.45, 2.75) is 18.4 Å². The second kappa shape index (κ2) is 6.58. The van der Waals surface area contributed by atoms with Crippen molar-refractivity contribution < 1.29 is 22.8 Å². The van der Waals surface area contributed by atoms with Crippen LogP contribution >= 0.6 is 0 Å². The van der Waals surface area contributed by atoms with E-state index < -0.39 is 29.0 Å². The highest BCUT2D eigenvalue weighted by atomic mass is 19.3. The van der Waals surface area contributed by atoms with Crippen LogP contribution in [-0.2, 0) is 5.54 Å². The number of hydrogen-bond acceptors (Lipinski definition) is 2. The van der Waals surface area contributed by atoms with E-state index in [1.807, 2.05) is 0 Å². The number of nitrogens with one attached hydrogen (secondary N) is 1. The number of halogens is 3. The van der Waals surface area contributed by atoms with Gasteiger partial charge in [-0.2, -0.15) is 8.78 Å². The molecule has 1 heterocycles. The third-order valence-electron chi connectivity index (χ3n) is 5.22. The molecule has 0 fully saturated rings. The highest BCUT2D eigenvalue weighted by Crippen LogP contribution is 2.49. The van der Waals surface area contributed by atoms with Gasteiger partial charge in [-0.3, -0.25) is 9.59 Å². The number of carbonyl (C=O) groups is 2. The van der Waals surface area contributed by atoms with Crippen molar-refractivity contribution in [3.63, 3.8) is 0 Å². The molecule has 0 aliphatic carbocycles. The lowest BCUT2D eigenvalue weighted by Gasteiger charge is -2.37.